The first kappa shape index (κ1) is 12.5. The number of nitrogens with two attached hydrogens (primary N) is 1. The van der Waals surface area contributed by atoms with E-state index < -0.39 is 11.6 Å². The summed E-state index contributed by atoms with van der Waals surface area (Å²) >= 11 is 0. The molecular formula is C14H19F2N. The highest BCUT2D eigenvalue weighted by Gasteiger charge is 2.21. The van der Waals surface area contributed by atoms with Crippen molar-refractivity contribution in [3.05, 3.63) is 35.4 Å². The molecule has 1 aromatic carbocycles. The summed E-state index contributed by atoms with van der Waals surface area (Å²) in [7, 11) is 0. The van der Waals surface area contributed by atoms with Crippen molar-refractivity contribution in [3.8, 4) is 0 Å². The third kappa shape index (κ3) is 3.03. The van der Waals surface area contributed by atoms with E-state index in [0.29, 0.717) is 5.92 Å². The van der Waals surface area contributed by atoms with Crippen molar-refractivity contribution in [3.63, 3.8) is 0 Å². The van der Waals surface area contributed by atoms with E-state index in [2.05, 4.69) is 0 Å². The van der Waals surface area contributed by atoms with E-state index in [0.717, 1.165) is 18.4 Å². The van der Waals surface area contributed by atoms with Crippen molar-refractivity contribution in [2.45, 2.75) is 44.6 Å². The summed E-state index contributed by atoms with van der Waals surface area (Å²) in [6.07, 6.45) is 7.12. The maximum Gasteiger partial charge on any atom is 0.159 e. The predicted molar refractivity (Wildman–Crippen MR) is 64.5 cm³/mol. The van der Waals surface area contributed by atoms with Gasteiger partial charge in [-0.25, -0.2) is 8.78 Å². The first-order valence-corrected chi connectivity index (χ1v) is 6.39. The van der Waals surface area contributed by atoms with E-state index in [1.807, 2.05) is 0 Å². The lowest BCUT2D eigenvalue weighted by molar-refractivity contribution is 0.380. The molecule has 1 aliphatic carbocycles. The molecule has 1 aliphatic rings. The number of hydrogen-bond acceptors (Lipinski definition) is 1. The molecule has 0 bridgehead atoms. The standard InChI is InChI=1S/C14H19F2N/c15-12-8-7-11(9-13(12)16)14(17)10-5-3-1-2-4-6-10/h7-10,14H,1-6,17H2. The van der Waals surface area contributed by atoms with Gasteiger partial charge in [0.25, 0.3) is 0 Å². The zero-order valence-corrected chi connectivity index (χ0v) is 9.96. The van der Waals surface area contributed by atoms with Gasteiger partial charge in [0.1, 0.15) is 0 Å². The molecule has 17 heavy (non-hydrogen) atoms. The van der Waals surface area contributed by atoms with Gasteiger partial charge in [-0.05, 0) is 36.5 Å². The number of hydrogen-bond donors (Lipinski definition) is 1. The maximum absolute atomic E-state index is 13.2. The fourth-order valence-electron chi connectivity index (χ4n) is 2.66. The average Bonchev–Trinajstić information content (AvgIpc) is 2.60. The topological polar surface area (TPSA) is 26.0 Å². The minimum absolute atomic E-state index is 0.164. The molecule has 0 aromatic heterocycles. The summed E-state index contributed by atoms with van der Waals surface area (Å²) in [6.45, 7) is 0. The Kier molecular flexibility index (Phi) is 4.11. The van der Waals surface area contributed by atoms with Crippen LogP contribution in [0.5, 0.6) is 0 Å². The molecule has 3 heteroatoms. The Hall–Kier alpha value is -0.960. The Bertz CT molecular complexity index is 370. The SMILES string of the molecule is NC(c1ccc(F)c(F)c1)C1CCCCCC1. The van der Waals surface area contributed by atoms with Crippen molar-refractivity contribution in [2.75, 3.05) is 0 Å². The van der Waals surface area contributed by atoms with E-state index >= 15 is 0 Å². The summed E-state index contributed by atoms with van der Waals surface area (Å²) < 4.78 is 26.0. The van der Waals surface area contributed by atoms with Gasteiger partial charge in [0, 0.05) is 6.04 Å². The monoisotopic (exact) mass is 239 g/mol. The molecule has 0 spiro atoms. The van der Waals surface area contributed by atoms with E-state index in [-0.39, 0.29) is 6.04 Å². The highest BCUT2D eigenvalue weighted by Crippen LogP contribution is 2.32. The second-order valence-electron chi connectivity index (χ2n) is 4.95. The number of benzene rings is 1. The first-order valence-electron chi connectivity index (χ1n) is 6.39. The van der Waals surface area contributed by atoms with Crippen LogP contribution in [0.25, 0.3) is 0 Å². The normalized spacial score (nSPS) is 19.9. The van der Waals surface area contributed by atoms with Gasteiger partial charge in [0.15, 0.2) is 11.6 Å². The highest BCUT2D eigenvalue weighted by molar-refractivity contribution is 5.21. The molecule has 2 rings (SSSR count). The van der Waals surface area contributed by atoms with Gasteiger partial charge in [-0.3, -0.25) is 0 Å². The summed E-state index contributed by atoms with van der Waals surface area (Å²) in [5, 5.41) is 0. The molecule has 0 heterocycles. The largest absolute Gasteiger partial charge is 0.324 e. The van der Waals surface area contributed by atoms with Gasteiger partial charge in [0.2, 0.25) is 0 Å². The maximum atomic E-state index is 13.2. The molecule has 94 valence electrons. The van der Waals surface area contributed by atoms with Gasteiger partial charge in [-0.15, -0.1) is 0 Å². The van der Waals surface area contributed by atoms with E-state index in [1.165, 1.54) is 37.8 Å². The fourth-order valence-corrected chi connectivity index (χ4v) is 2.66. The molecule has 1 unspecified atom stereocenters. The van der Waals surface area contributed by atoms with Crippen molar-refractivity contribution in [1.82, 2.24) is 0 Å². The van der Waals surface area contributed by atoms with Crippen LogP contribution in [-0.4, -0.2) is 0 Å². The minimum atomic E-state index is -0.804. The van der Waals surface area contributed by atoms with Crippen LogP contribution in [0.2, 0.25) is 0 Å². The van der Waals surface area contributed by atoms with Gasteiger partial charge < -0.3 is 5.73 Å². The van der Waals surface area contributed by atoms with Crippen molar-refractivity contribution in [1.29, 1.82) is 0 Å². The summed E-state index contributed by atoms with van der Waals surface area (Å²) in [5.41, 5.74) is 6.89. The van der Waals surface area contributed by atoms with Gasteiger partial charge >= 0.3 is 0 Å². The van der Waals surface area contributed by atoms with Gasteiger partial charge in [-0.2, -0.15) is 0 Å². The zero-order chi connectivity index (χ0) is 12.3. The highest BCUT2D eigenvalue weighted by atomic mass is 19.2. The van der Waals surface area contributed by atoms with Crippen molar-refractivity contribution >= 4 is 0 Å². The van der Waals surface area contributed by atoms with Gasteiger partial charge in [-0.1, -0.05) is 31.7 Å². The van der Waals surface area contributed by atoms with Crippen LogP contribution in [0.4, 0.5) is 8.78 Å². The smallest absolute Gasteiger partial charge is 0.159 e. The van der Waals surface area contributed by atoms with E-state index in [4.69, 9.17) is 5.73 Å². The summed E-state index contributed by atoms with van der Waals surface area (Å²) in [6, 6.07) is 3.85. The third-order valence-corrected chi connectivity index (χ3v) is 3.74. The quantitative estimate of drug-likeness (QED) is 0.777. The Labute approximate surface area is 101 Å². The lowest BCUT2D eigenvalue weighted by Gasteiger charge is -2.22. The lowest BCUT2D eigenvalue weighted by Crippen LogP contribution is -2.21. The summed E-state index contributed by atoms with van der Waals surface area (Å²) in [4.78, 5) is 0. The second kappa shape index (κ2) is 5.58. The zero-order valence-electron chi connectivity index (χ0n) is 9.96. The van der Waals surface area contributed by atoms with Crippen LogP contribution in [0.3, 0.4) is 0 Å². The predicted octanol–water partition coefficient (Wildman–Crippen LogP) is 3.94. The Morgan fingerprint density at radius 3 is 2.24 bits per heavy atom. The molecule has 1 fully saturated rings. The minimum Gasteiger partial charge on any atom is -0.324 e. The Morgan fingerprint density at radius 1 is 1.00 bits per heavy atom. The third-order valence-electron chi connectivity index (χ3n) is 3.74. The molecule has 0 saturated heterocycles. The Morgan fingerprint density at radius 2 is 1.65 bits per heavy atom. The van der Waals surface area contributed by atoms with Gasteiger partial charge in [0.05, 0.1) is 0 Å². The van der Waals surface area contributed by atoms with E-state index in [9.17, 15) is 8.78 Å². The molecule has 1 nitrogen and oxygen atoms in total. The molecule has 1 aromatic rings. The Balaban J connectivity index is 2.11. The van der Waals surface area contributed by atoms with Crippen LogP contribution >= 0.6 is 0 Å². The van der Waals surface area contributed by atoms with E-state index in [1.54, 1.807) is 6.07 Å². The molecule has 1 saturated carbocycles. The van der Waals surface area contributed by atoms with Crippen LogP contribution in [-0.2, 0) is 0 Å². The lowest BCUT2D eigenvalue weighted by atomic mass is 9.88. The molecule has 1 atom stereocenters. The molecule has 0 aliphatic heterocycles. The summed E-state index contributed by atoms with van der Waals surface area (Å²) in [5.74, 6) is -1.20. The second-order valence-corrected chi connectivity index (χ2v) is 4.95. The van der Waals surface area contributed by atoms with Crippen LogP contribution in [0, 0.1) is 17.6 Å². The van der Waals surface area contributed by atoms with Crippen LogP contribution < -0.4 is 5.73 Å². The average molecular weight is 239 g/mol. The molecule has 0 amide bonds. The van der Waals surface area contributed by atoms with Crippen molar-refractivity contribution < 1.29 is 8.78 Å². The first-order chi connectivity index (χ1) is 8.18. The number of halogens is 2. The molecular weight excluding hydrogens is 220 g/mol. The number of rotatable bonds is 2. The van der Waals surface area contributed by atoms with Crippen LogP contribution in [0.15, 0.2) is 18.2 Å². The van der Waals surface area contributed by atoms with Crippen molar-refractivity contribution in [2.24, 2.45) is 11.7 Å². The molecule has 0 radical (unpaired) electrons. The fraction of sp³-hybridized carbons (Fsp3) is 0.571. The molecule has 2 N–H and O–H groups in total. The van der Waals surface area contributed by atoms with Crippen LogP contribution in [0.1, 0.15) is 50.1 Å².